The molecular weight excluding hydrogens is 430 g/mol. The fourth-order valence-corrected chi connectivity index (χ4v) is 2.89. The van der Waals surface area contributed by atoms with Crippen molar-refractivity contribution in [3.63, 3.8) is 0 Å². The van der Waals surface area contributed by atoms with Gasteiger partial charge in [0.05, 0.1) is 18.4 Å². The lowest BCUT2D eigenvalue weighted by Crippen LogP contribution is -2.38. The molecule has 0 saturated carbocycles. The van der Waals surface area contributed by atoms with Gasteiger partial charge in [0.25, 0.3) is 18.3 Å². The van der Waals surface area contributed by atoms with Gasteiger partial charge >= 0.3 is 0 Å². The van der Waals surface area contributed by atoms with Crippen molar-refractivity contribution in [2.24, 2.45) is 0 Å². The first-order valence-corrected chi connectivity index (χ1v) is 9.97. The van der Waals surface area contributed by atoms with Gasteiger partial charge in [0, 0.05) is 32.3 Å². The molecule has 0 fully saturated rings. The number of hydrogen-bond acceptors (Lipinski definition) is 8. The number of likely N-dealkylation sites (N-methyl/N-ethyl adjacent to an activating group) is 1. The maximum atomic E-state index is 12.7. The molecule has 3 amide bonds. The van der Waals surface area contributed by atoms with Gasteiger partial charge in [-0.25, -0.2) is 9.50 Å². The summed E-state index contributed by atoms with van der Waals surface area (Å²) in [4.78, 5) is 53.5. The lowest BCUT2D eigenvalue weighted by atomic mass is 10.2. The summed E-state index contributed by atoms with van der Waals surface area (Å²) in [5.41, 5.74) is 7.08. The van der Waals surface area contributed by atoms with E-state index in [0.29, 0.717) is 17.8 Å². The van der Waals surface area contributed by atoms with Crippen LogP contribution in [0, 0.1) is 0 Å². The number of nitrogens with two attached hydrogens (primary N) is 1. The molecule has 0 aliphatic rings. The van der Waals surface area contributed by atoms with Crippen molar-refractivity contribution in [3.8, 4) is 5.75 Å². The zero-order chi connectivity index (χ0) is 24.0. The van der Waals surface area contributed by atoms with E-state index in [9.17, 15) is 19.2 Å². The fourth-order valence-electron chi connectivity index (χ4n) is 2.89. The number of carbonyl (C=O) groups excluding carboxylic acids is 4. The lowest BCUT2D eigenvalue weighted by Gasteiger charge is -2.15. The van der Waals surface area contributed by atoms with Gasteiger partial charge in [-0.15, -0.1) is 0 Å². The van der Waals surface area contributed by atoms with Gasteiger partial charge in [-0.1, -0.05) is 6.07 Å². The van der Waals surface area contributed by atoms with E-state index in [1.165, 1.54) is 27.7 Å². The smallest absolute Gasteiger partial charge is 0.298 e. The van der Waals surface area contributed by atoms with Crippen LogP contribution in [0.15, 0.2) is 36.5 Å². The first-order chi connectivity index (χ1) is 15.8. The highest BCUT2D eigenvalue weighted by Gasteiger charge is 2.19. The summed E-state index contributed by atoms with van der Waals surface area (Å²) in [6.45, 7) is 2.53. The Balaban J connectivity index is 1.74. The molecular formula is C21H23N7O5. The Bertz CT molecular complexity index is 1210. The monoisotopic (exact) mass is 453 g/mol. The molecule has 0 bridgehead atoms. The molecule has 33 heavy (non-hydrogen) atoms. The van der Waals surface area contributed by atoms with Crippen molar-refractivity contribution in [1.29, 1.82) is 0 Å². The summed E-state index contributed by atoms with van der Waals surface area (Å²) in [7, 11) is 1.63. The van der Waals surface area contributed by atoms with Crippen molar-refractivity contribution >= 4 is 35.5 Å². The summed E-state index contributed by atoms with van der Waals surface area (Å²) < 4.78 is 6.02. The molecule has 12 nitrogen and oxygen atoms in total. The normalized spacial score (nSPS) is 10.5. The summed E-state index contributed by atoms with van der Waals surface area (Å²) in [6.07, 6.45) is 1.45. The standard InChI is InChI=1S/C21H23N7O5/c1-3-27(2)19(30)11-24-21(32)16-9-15(26-18-6-7-25-28(16)18)20(31)23-10-13-4-5-17(33-12-29)14(22)8-13/h4-9,12H,3,10-11,22H2,1-2H3,(H,23,31)(H,24,32). The highest BCUT2D eigenvalue weighted by atomic mass is 16.5. The molecule has 0 aliphatic carbocycles. The molecule has 0 radical (unpaired) electrons. The van der Waals surface area contributed by atoms with Crippen molar-refractivity contribution in [2.75, 3.05) is 25.9 Å². The van der Waals surface area contributed by atoms with Crippen LogP contribution in [-0.4, -0.2) is 63.8 Å². The van der Waals surface area contributed by atoms with Crippen LogP contribution >= 0.6 is 0 Å². The zero-order valence-corrected chi connectivity index (χ0v) is 18.1. The zero-order valence-electron chi connectivity index (χ0n) is 18.1. The maximum Gasteiger partial charge on any atom is 0.298 e. The molecule has 3 aromatic rings. The first kappa shape index (κ1) is 23.2. The fraction of sp³-hybridized carbons (Fsp3) is 0.238. The van der Waals surface area contributed by atoms with Gasteiger partial charge in [0.2, 0.25) is 5.91 Å². The van der Waals surface area contributed by atoms with E-state index in [4.69, 9.17) is 10.5 Å². The van der Waals surface area contributed by atoms with E-state index in [0.717, 1.165) is 0 Å². The van der Waals surface area contributed by atoms with E-state index in [-0.39, 0.29) is 48.3 Å². The first-order valence-electron chi connectivity index (χ1n) is 9.97. The molecule has 1 aromatic carbocycles. The Morgan fingerprint density at radius 3 is 2.67 bits per heavy atom. The van der Waals surface area contributed by atoms with Gasteiger partial charge in [-0.2, -0.15) is 5.10 Å². The summed E-state index contributed by atoms with van der Waals surface area (Å²) in [5, 5.41) is 9.30. The van der Waals surface area contributed by atoms with Gasteiger partial charge in [0.15, 0.2) is 11.4 Å². The van der Waals surface area contributed by atoms with Crippen LogP contribution in [0.5, 0.6) is 5.75 Å². The highest BCUT2D eigenvalue weighted by Crippen LogP contribution is 2.22. The molecule has 0 atom stereocenters. The molecule has 0 spiro atoms. The Labute approximate surface area is 188 Å². The van der Waals surface area contributed by atoms with Gasteiger partial charge < -0.3 is 26.0 Å². The molecule has 0 aliphatic heterocycles. The molecule has 2 heterocycles. The van der Waals surface area contributed by atoms with Gasteiger partial charge in [-0.3, -0.25) is 19.2 Å². The lowest BCUT2D eigenvalue weighted by molar-refractivity contribution is -0.128. The van der Waals surface area contributed by atoms with Gasteiger partial charge in [0.1, 0.15) is 11.4 Å². The maximum absolute atomic E-state index is 12.7. The number of amides is 3. The average molecular weight is 453 g/mol. The van der Waals surface area contributed by atoms with Crippen molar-refractivity contribution in [1.82, 2.24) is 30.1 Å². The van der Waals surface area contributed by atoms with E-state index >= 15 is 0 Å². The molecule has 3 rings (SSSR count). The molecule has 2 aromatic heterocycles. The number of nitrogens with zero attached hydrogens (tertiary/aromatic N) is 4. The Hall–Kier alpha value is -4.48. The number of benzene rings is 1. The second-order valence-corrected chi connectivity index (χ2v) is 6.99. The summed E-state index contributed by atoms with van der Waals surface area (Å²) >= 11 is 0. The van der Waals surface area contributed by atoms with Crippen LogP contribution < -0.4 is 21.1 Å². The Morgan fingerprint density at radius 1 is 1.18 bits per heavy atom. The van der Waals surface area contributed by atoms with Crippen LogP contribution in [0.25, 0.3) is 5.65 Å². The SMILES string of the molecule is CCN(C)C(=O)CNC(=O)c1cc(C(=O)NCc2ccc(OC=O)c(N)c2)nc2ccnn12. The third kappa shape index (κ3) is 5.42. The van der Waals surface area contributed by atoms with Crippen molar-refractivity contribution in [2.45, 2.75) is 13.5 Å². The minimum Gasteiger partial charge on any atom is -0.427 e. The minimum atomic E-state index is -0.573. The van der Waals surface area contributed by atoms with Crippen molar-refractivity contribution in [3.05, 3.63) is 53.5 Å². The van der Waals surface area contributed by atoms with Crippen LogP contribution in [0.1, 0.15) is 33.5 Å². The topological polar surface area (TPSA) is 161 Å². The van der Waals surface area contributed by atoms with Crippen molar-refractivity contribution < 1.29 is 23.9 Å². The highest BCUT2D eigenvalue weighted by molar-refractivity contribution is 5.99. The second kappa shape index (κ2) is 10.2. The number of nitrogens with one attached hydrogen (secondary N) is 2. The predicted octanol–water partition coefficient (Wildman–Crippen LogP) is -0.0152. The molecule has 0 saturated heterocycles. The summed E-state index contributed by atoms with van der Waals surface area (Å²) in [5.74, 6) is -1.14. The number of ether oxygens (including phenoxy) is 1. The van der Waals surface area contributed by atoms with Crippen LogP contribution in [0.3, 0.4) is 0 Å². The second-order valence-electron chi connectivity index (χ2n) is 6.99. The Kier molecular flexibility index (Phi) is 7.18. The largest absolute Gasteiger partial charge is 0.427 e. The van der Waals surface area contributed by atoms with E-state index < -0.39 is 11.8 Å². The number of anilines is 1. The number of nitrogen functional groups attached to an aromatic ring is 1. The quantitative estimate of drug-likeness (QED) is 0.301. The van der Waals surface area contributed by atoms with E-state index in [1.807, 2.05) is 6.92 Å². The van der Waals surface area contributed by atoms with E-state index in [1.54, 1.807) is 25.2 Å². The van der Waals surface area contributed by atoms with Crippen LogP contribution in [0.4, 0.5) is 5.69 Å². The Morgan fingerprint density at radius 2 is 1.97 bits per heavy atom. The molecule has 172 valence electrons. The summed E-state index contributed by atoms with van der Waals surface area (Å²) in [6, 6.07) is 7.58. The predicted molar refractivity (Wildman–Crippen MR) is 117 cm³/mol. The number of rotatable bonds is 9. The third-order valence-corrected chi connectivity index (χ3v) is 4.83. The number of hydrogen-bond donors (Lipinski definition) is 3. The van der Waals surface area contributed by atoms with Crippen LogP contribution in [0.2, 0.25) is 0 Å². The molecule has 4 N–H and O–H groups in total. The van der Waals surface area contributed by atoms with Gasteiger partial charge in [-0.05, 0) is 24.6 Å². The third-order valence-electron chi connectivity index (χ3n) is 4.83. The molecule has 12 heteroatoms. The minimum absolute atomic E-state index is 0.000895. The van der Waals surface area contributed by atoms with Crippen LogP contribution in [-0.2, 0) is 16.1 Å². The average Bonchev–Trinajstić information content (AvgIpc) is 3.30. The molecule has 0 unspecified atom stereocenters. The number of fused-ring (bicyclic) bond motifs is 1. The number of carbonyl (C=O) groups is 4. The number of aromatic nitrogens is 3. The van der Waals surface area contributed by atoms with E-state index in [2.05, 4.69) is 20.7 Å².